The lowest BCUT2D eigenvalue weighted by Gasteiger charge is -2.09. The lowest BCUT2D eigenvalue weighted by molar-refractivity contribution is 0.414. The minimum Gasteiger partial charge on any atom is -0.497 e. The second-order valence-electron chi connectivity index (χ2n) is 4.78. The summed E-state index contributed by atoms with van der Waals surface area (Å²) in [7, 11) is 1.68. The van der Waals surface area contributed by atoms with E-state index < -0.39 is 0 Å². The molecule has 3 heteroatoms. The highest BCUT2D eigenvalue weighted by atomic mass is 32.2. The molecule has 94 valence electrons. The molecule has 17 heavy (non-hydrogen) atoms. The molecular formula is C14H21NOS. The van der Waals surface area contributed by atoms with Crippen molar-refractivity contribution in [1.29, 1.82) is 0 Å². The maximum atomic E-state index is 5.84. The van der Waals surface area contributed by atoms with Crippen molar-refractivity contribution in [3.63, 3.8) is 0 Å². The predicted octanol–water partition coefficient (Wildman–Crippen LogP) is 3.70. The number of anilines is 1. The minimum absolute atomic E-state index is 0.792. The second-order valence-corrected chi connectivity index (χ2v) is 5.81. The Balaban J connectivity index is 1.83. The van der Waals surface area contributed by atoms with Gasteiger partial charge in [-0.2, -0.15) is 11.8 Å². The van der Waals surface area contributed by atoms with E-state index in [4.69, 9.17) is 10.5 Å². The number of methoxy groups -OCH3 is 1. The van der Waals surface area contributed by atoms with Crippen LogP contribution in [-0.2, 0) is 5.75 Å². The van der Waals surface area contributed by atoms with Crippen LogP contribution in [0.1, 0.15) is 31.2 Å². The Morgan fingerprint density at radius 3 is 2.76 bits per heavy atom. The zero-order chi connectivity index (χ0) is 12.1. The van der Waals surface area contributed by atoms with Crippen LogP contribution in [0.3, 0.4) is 0 Å². The van der Waals surface area contributed by atoms with Gasteiger partial charge in [-0.1, -0.05) is 12.8 Å². The van der Waals surface area contributed by atoms with E-state index in [1.165, 1.54) is 37.0 Å². The van der Waals surface area contributed by atoms with Crippen molar-refractivity contribution in [1.82, 2.24) is 0 Å². The highest BCUT2D eigenvalue weighted by Crippen LogP contribution is 2.30. The minimum atomic E-state index is 0.792. The molecule has 2 nitrogen and oxygen atoms in total. The number of nitrogens with two attached hydrogens (primary N) is 1. The van der Waals surface area contributed by atoms with Gasteiger partial charge in [0.25, 0.3) is 0 Å². The lowest BCUT2D eigenvalue weighted by atomic mass is 10.1. The Kier molecular flexibility index (Phi) is 4.60. The molecule has 0 aromatic heterocycles. The number of hydrogen-bond donors (Lipinski definition) is 1. The molecule has 0 saturated heterocycles. The first-order chi connectivity index (χ1) is 8.28. The van der Waals surface area contributed by atoms with Gasteiger partial charge in [0.1, 0.15) is 5.75 Å². The Morgan fingerprint density at radius 1 is 1.29 bits per heavy atom. The molecule has 0 bridgehead atoms. The molecule has 2 rings (SSSR count). The van der Waals surface area contributed by atoms with Crippen LogP contribution in [0.5, 0.6) is 5.75 Å². The molecule has 1 aromatic rings. The Morgan fingerprint density at radius 2 is 2.06 bits per heavy atom. The van der Waals surface area contributed by atoms with E-state index in [-0.39, 0.29) is 0 Å². The number of ether oxygens (including phenoxy) is 1. The summed E-state index contributed by atoms with van der Waals surface area (Å²) in [5, 5.41) is 0. The SMILES string of the molecule is COc1cc(N)cc(CSCC2CCCC2)c1. The molecule has 0 radical (unpaired) electrons. The topological polar surface area (TPSA) is 35.2 Å². The summed E-state index contributed by atoms with van der Waals surface area (Å²) >= 11 is 2.02. The van der Waals surface area contributed by atoms with Crippen LogP contribution in [0.4, 0.5) is 5.69 Å². The maximum absolute atomic E-state index is 5.84. The molecule has 0 atom stereocenters. The van der Waals surface area contributed by atoms with Crippen molar-refractivity contribution in [2.45, 2.75) is 31.4 Å². The van der Waals surface area contributed by atoms with Gasteiger partial charge in [-0.05, 0) is 42.2 Å². The highest BCUT2D eigenvalue weighted by Gasteiger charge is 2.14. The quantitative estimate of drug-likeness (QED) is 0.810. The number of nitrogen functional groups attached to an aromatic ring is 1. The van der Waals surface area contributed by atoms with E-state index in [0.717, 1.165) is 23.1 Å². The summed E-state index contributed by atoms with van der Waals surface area (Å²) in [6.45, 7) is 0. The van der Waals surface area contributed by atoms with E-state index in [1.807, 2.05) is 23.9 Å². The van der Waals surface area contributed by atoms with Gasteiger partial charge in [-0.25, -0.2) is 0 Å². The van der Waals surface area contributed by atoms with Crippen molar-refractivity contribution >= 4 is 17.4 Å². The van der Waals surface area contributed by atoms with Crippen LogP contribution in [0.15, 0.2) is 18.2 Å². The zero-order valence-corrected chi connectivity index (χ0v) is 11.3. The third-order valence-electron chi connectivity index (χ3n) is 3.32. The molecule has 0 amide bonds. The molecule has 1 aromatic carbocycles. The van der Waals surface area contributed by atoms with Crippen molar-refractivity contribution in [2.75, 3.05) is 18.6 Å². The van der Waals surface area contributed by atoms with Crippen LogP contribution < -0.4 is 10.5 Å². The van der Waals surface area contributed by atoms with Gasteiger partial charge in [0.2, 0.25) is 0 Å². The summed E-state index contributed by atoms with van der Waals surface area (Å²) in [4.78, 5) is 0. The van der Waals surface area contributed by atoms with E-state index >= 15 is 0 Å². The second kappa shape index (κ2) is 6.20. The van der Waals surface area contributed by atoms with Gasteiger partial charge in [-0.3, -0.25) is 0 Å². The Hall–Kier alpha value is -0.830. The predicted molar refractivity (Wildman–Crippen MR) is 75.5 cm³/mol. The number of hydrogen-bond acceptors (Lipinski definition) is 3. The van der Waals surface area contributed by atoms with E-state index in [2.05, 4.69) is 6.07 Å². The van der Waals surface area contributed by atoms with Crippen LogP contribution in [-0.4, -0.2) is 12.9 Å². The van der Waals surface area contributed by atoms with Crippen molar-refractivity contribution in [3.05, 3.63) is 23.8 Å². The fourth-order valence-electron chi connectivity index (χ4n) is 2.41. The molecule has 0 unspecified atom stereocenters. The standard InChI is InChI=1S/C14H21NOS/c1-16-14-7-12(6-13(15)8-14)10-17-9-11-4-2-3-5-11/h6-8,11H,2-5,9-10,15H2,1H3. The van der Waals surface area contributed by atoms with Crippen LogP contribution in [0.2, 0.25) is 0 Å². The average molecular weight is 251 g/mol. The first-order valence-electron chi connectivity index (χ1n) is 6.29. The van der Waals surface area contributed by atoms with Gasteiger partial charge in [0.05, 0.1) is 7.11 Å². The molecule has 1 saturated carbocycles. The van der Waals surface area contributed by atoms with Crippen LogP contribution in [0, 0.1) is 5.92 Å². The number of rotatable bonds is 5. The first-order valence-corrected chi connectivity index (χ1v) is 7.44. The van der Waals surface area contributed by atoms with E-state index in [0.29, 0.717) is 0 Å². The van der Waals surface area contributed by atoms with Crippen molar-refractivity contribution in [3.8, 4) is 5.75 Å². The Labute approximate surface area is 108 Å². The number of benzene rings is 1. The molecule has 1 aliphatic carbocycles. The van der Waals surface area contributed by atoms with Crippen molar-refractivity contribution in [2.24, 2.45) is 5.92 Å². The highest BCUT2D eigenvalue weighted by molar-refractivity contribution is 7.98. The fourth-order valence-corrected chi connectivity index (χ4v) is 3.59. The molecule has 0 heterocycles. The van der Waals surface area contributed by atoms with Crippen LogP contribution in [0.25, 0.3) is 0 Å². The molecule has 2 N–H and O–H groups in total. The normalized spacial score (nSPS) is 16.3. The zero-order valence-electron chi connectivity index (χ0n) is 10.4. The van der Waals surface area contributed by atoms with Crippen LogP contribution >= 0.6 is 11.8 Å². The van der Waals surface area contributed by atoms with Crippen molar-refractivity contribution < 1.29 is 4.74 Å². The summed E-state index contributed by atoms with van der Waals surface area (Å²) in [6, 6.07) is 5.99. The first kappa shape index (κ1) is 12.6. The van der Waals surface area contributed by atoms with Gasteiger partial charge >= 0.3 is 0 Å². The maximum Gasteiger partial charge on any atom is 0.121 e. The third-order valence-corrected chi connectivity index (χ3v) is 4.57. The molecule has 0 spiro atoms. The summed E-state index contributed by atoms with van der Waals surface area (Å²) in [5.41, 5.74) is 7.90. The molecule has 1 fully saturated rings. The summed E-state index contributed by atoms with van der Waals surface area (Å²) in [5.74, 6) is 4.14. The Bertz CT molecular complexity index is 361. The van der Waals surface area contributed by atoms with Gasteiger partial charge < -0.3 is 10.5 Å². The molecule has 1 aliphatic rings. The number of thioether (sulfide) groups is 1. The largest absolute Gasteiger partial charge is 0.497 e. The fraction of sp³-hybridized carbons (Fsp3) is 0.571. The molecular weight excluding hydrogens is 230 g/mol. The van der Waals surface area contributed by atoms with Gasteiger partial charge in [-0.15, -0.1) is 0 Å². The van der Waals surface area contributed by atoms with E-state index in [1.54, 1.807) is 7.11 Å². The summed E-state index contributed by atoms with van der Waals surface area (Å²) in [6.07, 6.45) is 5.70. The van der Waals surface area contributed by atoms with Gasteiger partial charge in [0, 0.05) is 17.5 Å². The molecule has 0 aliphatic heterocycles. The van der Waals surface area contributed by atoms with Gasteiger partial charge in [0.15, 0.2) is 0 Å². The average Bonchev–Trinajstić information content (AvgIpc) is 2.81. The third kappa shape index (κ3) is 3.84. The monoisotopic (exact) mass is 251 g/mol. The lowest BCUT2D eigenvalue weighted by Crippen LogP contribution is -1.97. The smallest absolute Gasteiger partial charge is 0.121 e. The summed E-state index contributed by atoms with van der Waals surface area (Å²) < 4.78 is 5.23. The van der Waals surface area contributed by atoms with E-state index in [9.17, 15) is 0 Å².